The molecule has 0 aliphatic rings. The van der Waals surface area contributed by atoms with Crippen LogP contribution in [0.5, 0.6) is 0 Å². The van der Waals surface area contributed by atoms with Crippen molar-refractivity contribution < 1.29 is 13.6 Å². The second-order valence-corrected chi connectivity index (χ2v) is 4.44. The average molecular weight is 234 g/mol. The predicted molar refractivity (Wildman–Crippen MR) is 55.4 cm³/mol. The lowest BCUT2D eigenvalue weighted by atomic mass is 10.3. The summed E-state index contributed by atoms with van der Waals surface area (Å²) in [5, 5.41) is 2.14. The van der Waals surface area contributed by atoms with Gasteiger partial charge in [-0.1, -0.05) is 0 Å². The highest BCUT2D eigenvalue weighted by Crippen LogP contribution is 2.15. The van der Waals surface area contributed by atoms with Gasteiger partial charge in [-0.05, 0) is 19.1 Å². The normalized spacial score (nSPS) is 11.5. The fourth-order valence-corrected chi connectivity index (χ4v) is 1.71. The smallest absolute Gasteiger partial charge is 0.277 e. The molecule has 0 bridgehead atoms. The van der Waals surface area contributed by atoms with Crippen LogP contribution in [0.3, 0.4) is 0 Å². The molecule has 0 spiro atoms. The van der Waals surface area contributed by atoms with E-state index in [9.17, 15) is 13.6 Å². The third kappa shape index (κ3) is 3.56. The number of alkyl halides is 2. The molecule has 0 saturated heterocycles. The number of carbonyl (C=O) groups excluding carboxylic acids is 1. The molecular weight excluding hydrogens is 222 g/mol. The minimum atomic E-state index is -3.04. The van der Waals surface area contributed by atoms with E-state index >= 15 is 0 Å². The van der Waals surface area contributed by atoms with Crippen LogP contribution in [-0.4, -0.2) is 24.9 Å². The zero-order valence-corrected chi connectivity index (χ0v) is 9.04. The van der Waals surface area contributed by atoms with Gasteiger partial charge in [-0.15, -0.1) is 11.3 Å². The highest BCUT2D eigenvalue weighted by atomic mass is 32.1. The fraction of sp³-hybridized carbons (Fsp3) is 0.444. The van der Waals surface area contributed by atoms with Crippen molar-refractivity contribution >= 4 is 17.2 Å². The number of hydrogen-bond acceptors (Lipinski definition) is 3. The summed E-state index contributed by atoms with van der Waals surface area (Å²) in [4.78, 5) is 12.7. The SMILES string of the molecule is Cc1ccc(C(=O)NCC(F)(F)CN)s1. The van der Waals surface area contributed by atoms with Crippen molar-refractivity contribution in [2.45, 2.75) is 12.8 Å². The van der Waals surface area contributed by atoms with Crippen LogP contribution in [0.2, 0.25) is 0 Å². The van der Waals surface area contributed by atoms with E-state index in [1.165, 1.54) is 11.3 Å². The van der Waals surface area contributed by atoms with Gasteiger partial charge >= 0.3 is 0 Å². The highest BCUT2D eigenvalue weighted by Gasteiger charge is 2.27. The van der Waals surface area contributed by atoms with Crippen molar-refractivity contribution in [2.24, 2.45) is 5.73 Å². The second-order valence-electron chi connectivity index (χ2n) is 3.15. The van der Waals surface area contributed by atoms with Gasteiger partial charge < -0.3 is 11.1 Å². The van der Waals surface area contributed by atoms with Crippen molar-refractivity contribution in [1.29, 1.82) is 0 Å². The molecule has 1 aromatic heterocycles. The Balaban J connectivity index is 2.50. The molecule has 3 nitrogen and oxygen atoms in total. The standard InChI is InChI=1S/C9H12F2N2OS/c1-6-2-3-7(15-6)8(14)13-5-9(10,11)4-12/h2-3H,4-5,12H2,1H3,(H,13,14). The summed E-state index contributed by atoms with van der Waals surface area (Å²) in [6, 6.07) is 3.37. The van der Waals surface area contributed by atoms with Crippen LogP contribution in [0.1, 0.15) is 14.5 Å². The first-order valence-electron chi connectivity index (χ1n) is 4.37. The summed E-state index contributed by atoms with van der Waals surface area (Å²) < 4.78 is 25.4. The van der Waals surface area contributed by atoms with E-state index in [0.29, 0.717) is 4.88 Å². The maximum absolute atomic E-state index is 12.7. The molecule has 3 N–H and O–H groups in total. The van der Waals surface area contributed by atoms with E-state index < -0.39 is 24.9 Å². The summed E-state index contributed by atoms with van der Waals surface area (Å²) in [6.07, 6.45) is 0. The van der Waals surface area contributed by atoms with Gasteiger partial charge in [-0.3, -0.25) is 4.79 Å². The Labute approximate surface area is 90.3 Å². The summed E-state index contributed by atoms with van der Waals surface area (Å²) in [5.74, 6) is -3.52. The van der Waals surface area contributed by atoms with Gasteiger partial charge in [0.2, 0.25) is 0 Å². The lowest BCUT2D eigenvalue weighted by molar-refractivity contribution is 0.0119. The Hall–Kier alpha value is -1.01. The Morgan fingerprint density at radius 2 is 2.27 bits per heavy atom. The van der Waals surface area contributed by atoms with Crippen LogP contribution >= 0.6 is 11.3 Å². The van der Waals surface area contributed by atoms with Crippen LogP contribution in [0, 0.1) is 6.92 Å². The van der Waals surface area contributed by atoms with E-state index in [0.717, 1.165) is 4.88 Å². The van der Waals surface area contributed by atoms with Crippen LogP contribution in [0.15, 0.2) is 12.1 Å². The minimum absolute atomic E-state index is 0.431. The summed E-state index contributed by atoms with van der Waals surface area (Å²) in [6.45, 7) is 0.353. The third-order valence-electron chi connectivity index (χ3n) is 1.77. The van der Waals surface area contributed by atoms with Crippen molar-refractivity contribution in [1.82, 2.24) is 5.32 Å². The second kappa shape index (κ2) is 4.67. The number of nitrogens with two attached hydrogens (primary N) is 1. The molecule has 0 atom stereocenters. The van der Waals surface area contributed by atoms with Gasteiger partial charge in [-0.25, -0.2) is 8.78 Å². The lowest BCUT2D eigenvalue weighted by Gasteiger charge is -2.13. The summed E-state index contributed by atoms with van der Waals surface area (Å²) in [5.41, 5.74) is 4.84. The minimum Gasteiger partial charge on any atom is -0.345 e. The first kappa shape index (κ1) is 12.1. The van der Waals surface area contributed by atoms with E-state index in [-0.39, 0.29) is 0 Å². The molecule has 0 radical (unpaired) electrons. The molecule has 0 saturated carbocycles. The third-order valence-corrected chi connectivity index (χ3v) is 2.77. The van der Waals surface area contributed by atoms with Gasteiger partial charge in [0.15, 0.2) is 0 Å². The van der Waals surface area contributed by atoms with E-state index in [1.807, 2.05) is 6.92 Å². The number of amides is 1. The number of thiophene rings is 1. The van der Waals surface area contributed by atoms with Gasteiger partial charge in [0.05, 0.1) is 18.0 Å². The van der Waals surface area contributed by atoms with Crippen molar-refractivity contribution in [2.75, 3.05) is 13.1 Å². The van der Waals surface area contributed by atoms with Gasteiger partial charge in [0.1, 0.15) is 0 Å². The zero-order chi connectivity index (χ0) is 11.5. The molecule has 0 aliphatic heterocycles. The highest BCUT2D eigenvalue weighted by molar-refractivity contribution is 7.13. The number of rotatable bonds is 4. The van der Waals surface area contributed by atoms with Crippen LogP contribution in [0.25, 0.3) is 0 Å². The van der Waals surface area contributed by atoms with Crippen LogP contribution in [-0.2, 0) is 0 Å². The Morgan fingerprint density at radius 1 is 1.60 bits per heavy atom. The van der Waals surface area contributed by atoms with Crippen molar-refractivity contribution in [3.8, 4) is 0 Å². The van der Waals surface area contributed by atoms with E-state index in [1.54, 1.807) is 12.1 Å². The van der Waals surface area contributed by atoms with E-state index in [2.05, 4.69) is 5.32 Å². The topological polar surface area (TPSA) is 55.1 Å². The quantitative estimate of drug-likeness (QED) is 0.827. The molecule has 0 aliphatic carbocycles. The number of nitrogens with one attached hydrogen (secondary N) is 1. The van der Waals surface area contributed by atoms with Crippen LogP contribution < -0.4 is 11.1 Å². The number of carbonyl (C=O) groups is 1. The summed E-state index contributed by atoms with van der Waals surface area (Å²) >= 11 is 1.27. The lowest BCUT2D eigenvalue weighted by Crippen LogP contribution is -2.41. The Morgan fingerprint density at radius 3 is 2.73 bits per heavy atom. The summed E-state index contributed by atoms with van der Waals surface area (Å²) in [7, 11) is 0. The Kier molecular flexibility index (Phi) is 3.76. The molecule has 0 fully saturated rings. The van der Waals surface area contributed by atoms with Gasteiger partial charge in [0.25, 0.3) is 11.8 Å². The number of halogens is 2. The molecule has 0 aromatic carbocycles. The largest absolute Gasteiger partial charge is 0.345 e. The first-order valence-corrected chi connectivity index (χ1v) is 5.19. The van der Waals surface area contributed by atoms with Crippen molar-refractivity contribution in [3.63, 3.8) is 0 Å². The Bertz CT molecular complexity index is 352. The van der Waals surface area contributed by atoms with E-state index in [4.69, 9.17) is 5.73 Å². The molecule has 1 rings (SSSR count). The van der Waals surface area contributed by atoms with Gasteiger partial charge in [-0.2, -0.15) is 0 Å². The molecule has 6 heteroatoms. The van der Waals surface area contributed by atoms with Crippen LogP contribution in [0.4, 0.5) is 8.78 Å². The maximum Gasteiger partial charge on any atom is 0.277 e. The van der Waals surface area contributed by atoms with Crippen molar-refractivity contribution in [3.05, 3.63) is 21.9 Å². The monoisotopic (exact) mass is 234 g/mol. The maximum atomic E-state index is 12.7. The zero-order valence-electron chi connectivity index (χ0n) is 8.22. The predicted octanol–water partition coefficient (Wildman–Crippen LogP) is 1.38. The fourth-order valence-electron chi connectivity index (χ4n) is 0.925. The molecule has 1 aromatic rings. The molecule has 15 heavy (non-hydrogen) atoms. The molecule has 0 unspecified atom stereocenters. The molecule has 84 valence electrons. The average Bonchev–Trinajstić information content (AvgIpc) is 2.61. The molecular formula is C9H12F2N2OS. The number of hydrogen-bond donors (Lipinski definition) is 2. The number of aryl methyl sites for hydroxylation is 1. The molecule has 1 heterocycles. The van der Waals surface area contributed by atoms with Gasteiger partial charge in [0, 0.05) is 4.88 Å². The first-order chi connectivity index (χ1) is 6.94. The molecule has 1 amide bonds.